The molecule has 2 saturated heterocycles. The molecule has 2 aliphatic rings. The van der Waals surface area contributed by atoms with Gasteiger partial charge in [-0.05, 0) is 34.1 Å². The lowest BCUT2D eigenvalue weighted by Crippen LogP contribution is -2.58. The number of nitrogens with one attached hydrogen (secondary N) is 1. The fourth-order valence-electron chi connectivity index (χ4n) is 3.23. The number of carbonyl (C=O) groups is 1. The van der Waals surface area contributed by atoms with Crippen LogP contribution in [-0.4, -0.2) is 59.2 Å². The first-order chi connectivity index (χ1) is 13.0. The lowest BCUT2D eigenvalue weighted by molar-refractivity contribution is -0.127. The van der Waals surface area contributed by atoms with E-state index in [9.17, 15) is 9.59 Å². The van der Waals surface area contributed by atoms with E-state index in [0.29, 0.717) is 43.9 Å². The lowest BCUT2D eigenvalue weighted by Gasteiger charge is -2.41. The highest BCUT2D eigenvalue weighted by Crippen LogP contribution is 2.22. The highest BCUT2D eigenvalue weighted by atomic mass is 79.9. The Morgan fingerprint density at radius 2 is 2.07 bits per heavy atom. The summed E-state index contributed by atoms with van der Waals surface area (Å²) in [5, 5.41) is 3.03. The van der Waals surface area contributed by atoms with Crippen LogP contribution in [0.4, 0.5) is 17.2 Å². The van der Waals surface area contributed by atoms with Gasteiger partial charge < -0.3 is 19.5 Å². The van der Waals surface area contributed by atoms with Crippen LogP contribution in [0.3, 0.4) is 0 Å². The van der Waals surface area contributed by atoms with Gasteiger partial charge in [-0.1, -0.05) is 0 Å². The van der Waals surface area contributed by atoms with Crippen LogP contribution in [0.15, 0.2) is 39.9 Å². The molecule has 0 unspecified atom stereocenters. The number of nitrogens with zero attached hydrogens (tertiary/aromatic N) is 4. The first-order valence-corrected chi connectivity index (χ1v) is 9.52. The van der Waals surface area contributed by atoms with Gasteiger partial charge >= 0.3 is 0 Å². The van der Waals surface area contributed by atoms with E-state index in [1.165, 1.54) is 4.57 Å². The summed E-state index contributed by atoms with van der Waals surface area (Å²) in [4.78, 5) is 33.0. The number of anilines is 3. The number of halogens is 1. The largest absolute Gasteiger partial charge is 0.378 e. The molecule has 0 atom stereocenters. The maximum atomic E-state index is 12.5. The topological polar surface area (TPSA) is 79.7 Å². The van der Waals surface area contributed by atoms with Gasteiger partial charge in [0.25, 0.3) is 5.56 Å². The predicted molar refractivity (Wildman–Crippen MR) is 105 cm³/mol. The molecule has 4 rings (SSSR count). The van der Waals surface area contributed by atoms with Crippen LogP contribution in [0.5, 0.6) is 0 Å². The van der Waals surface area contributed by atoms with E-state index >= 15 is 0 Å². The summed E-state index contributed by atoms with van der Waals surface area (Å²) in [5.41, 5.74) is 1.05. The Bertz CT molecular complexity index is 910. The number of aromatic nitrogens is 2. The number of carbonyl (C=O) groups excluding carboxylic acids is 1. The quantitative estimate of drug-likeness (QED) is 0.783. The second-order valence-corrected chi connectivity index (χ2v) is 7.64. The molecule has 2 aromatic rings. The molecular formula is C18H20BrN5O3. The number of pyridine rings is 2. The maximum Gasteiger partial charge on any atom is 0.274 e. The second-order valence-electron chi connectivity index (χ2n) is 6.72. The van der Waals surface area contributed by atoms with Crippen LogP contribution in [0.2, 0.25) is 0 Å². The molecule has 2 fully saturated rings. The molecule has 4 heterocycles. The first-order valence-electron chi connectivity index (χ1n) is 8.72. The zero-order valence-electron chi connectivity index (χ0n) is 14.9. The van der Waals surface area contributed by atoms with Crippen molar-refractivity contribution in [2.75, 3.05) is 43.1 Å². The van der Waals surface area contributed by atoms with Crippen molar-refractivity contribution in [1.82, 2.24) is 14.5 Å². The Hall–Kier alpha value is -2.23. The van der Waals surface area contributed by atoms with Gasteiger partial charge in [0.15, 0.2) is 0 Å². The van der Waals surface area contributed by atoms with Crippen LogP contribution in [0.1, 0.15) is 0 Å². The number of hydrogen-bond donors (Lipinski definition) is 1. The van der Waals surface area contributed by atoms with Gasteiger partial charge in [0.1, 0.15) is 11.5 Å². The number of amides is 1. The average molecular weight is 434 g/mol. The summed E-state index contributed by atoms with van der Waals surface area (Å²) >= 11 is 3.38. The van der Waals surface area contributed by atoms with Crippen LogP contribution in [-0.2, 0) is 16.6 Å². The van der Waals surface area contributed by atoms with Crippen molar-refractivity contribution >= 4 is 39.0 Å². The van der Waals surface area contributed by atoms with Crippen molar-refractivity contribution in [1.29, 1.82) is 0 Å². The fourth-order valence-corrected chi connectivity index (χ4v) is 3.76. The van der Waals surface area contributed by atoms with Crippen molar-refractivity contribution in [2.24, 2.45) is 7.05 Å². The summed E-state index contributed by atoms with van der Waals surface area (Å²) < 4.78 is 7.50. The van der Waals surface area contributed by atoms with Crippen molar-refractivity contribution in [2.45, 2.75) is 6.04 Å². The molecule has 0 spiro atoms. The van der Waals surface area contributed by atoms with E-state index in [0.717, 1.165) is 16.7 Å². The molecule has 27 heavy (non-hydrogen) atoms. The normalized spacial score (nSPS) is 18.4. The molecule has 0 bridgehead atoms. The van der Waals surface area contributed by atoms with E-state index in [-0.39, 0.29) is 11.5 Å². The summed E-state index contributed by atoms with van der Waals surface area (Å²) in [6.45, 7) is 3.29. The Morgan fingerprint density at radius 3 is 2.70 bits per heavy atom. The highest BCUT2D eigenvalue weighted by Gasteiger charge is 2.33. The molecule has 0 saturated carbocycles. The predicted octanol–water partition coefficient (Wildman–Crippen LogP) is 1.33. The number of rotatable bonds is 4. The van der Waals surface area contributed by atoms with Gasteiger partial charge in [0.2, 0.25) is 5.91 Å². The average Bonchev–Trinajstić information content (AvgIpc) is 2.59. The van der Waals surface area contributed by atoms with E-state index in [4.69, 9.17) is 4.74 Å². The van der Waals surface area contributed by atoms with Crippen LogP contribution in [0.25, 0.3) is 0 Å². The Balaban J connectivity index is 1.45. The van der Waals surface area contributed by atoms with E-state index < -0.39 is 0 Å². The Labute approximate surface area is 164 Å². The van der Waals surface area contributed by atoms with Crippen molar-refractivity contribution in [3.05, 3.63) is 45.4 Å². The van der Waals surface area contributed by atoms with E-state index in [1.54, 1.807) is 36.5 Å². The minimum absolute atomic E-state index is 0.0662. The van der Waals surface area contributed by atoms with Crippen LogP contribution < -0.4 is 15.8 Å². The minimum atomic E-state index is -0.143. The van der Waals surface area contributed by atoms with Crippen LogP contribution in [0, 0.1) is 0 Å². The second kappa shape index (κ2) is 7.41. The molecule has 0 aliphatic carbocycles. The zero-order chi connectivity index (χ0) is 19.0. The minimum Gasteiger partial charge on any atom is -0.378 e. The van der Waals surface area contributed by atoms with Gasteiger partial charge in [-0.2, -0.15) is 0 Å². The van der Waals surface area contributed by atoms with Crippen molar-refractivity contribution < 1.29 is 9.53 Å². The van der Waals surface area contributed by atoms with Gasteiger partial charge in [-0.3, -0.25) is 14.5 Å². The van der Waals surface area contributed by atoms with Crippen LogP contribution >= 0.6 is 15.9 Å². The standard InChI is InChI=1S/C18H20BrN5O3/c1-22-8-12(19)6-15(18(22)26)21-16-3-2-13(7-20-16)24-5-4-23(9-17(24)25)14-10-27-11-14/h2-3,6-8,14H,4-5,9-11H2,1H3,(H,20,21). The smallest absolute Gasteiger partial charge is 0.274 e. The molecule has 2 aromatic heterocycles. The highest BCUT2D eigenvalue weighted by molar-refractivity contribution is 9.10. The molecule has 1 N–H and O–H groups in total. The maximum absolute atomic E-state index is 12.5. The van der Waals surface area contributed by atoms with E-state index in [2.05, 4.69) is 31.1 Å². The van der Waals surface area contributed by atoms with Gasteiger partial charge in [0.05, 0.1) is 37.7 Å². The number of ether oxygens (including phenoxy) is 1. The summed E-state index contributed by atoms with van der Waals surface area (Å²) in [6, 6.07) is 5.70. The molecule has 0 radical (unpaired) electrons. The molecule has 142 valence electrons. The molecule has 2 aliphatic heterocycles. The van der Waals surface area contributed by atoms with Crippen molar-refractivity contribution in [3.63, 3.8) is 0 Å². The summed E-state index contributed by atoms with van der Waals surface area (Å²) in [5.74, 6) is 0.614. The number of hydrogen-bond acceptors (Lipinski definition) is 6. The van der Waals surface area contributed by atoms with Gasteiger partial charge in [0, 0.05) is 30.8 Å². The first kappa shape index (κ1) is 18.1. The van der Waals surface area contributed by atoms with Crippen molar-refractivity contribution in [3.8, 4) is 0 Å². The molecule has 0 aromatic carbocycles. The zero-order valence-corrected chi connectivity index (χ0v) is 16.5. The van der Waals surface area contributed by atoms with Gasteiger partial charge in [-0.15, -0.1) is 0 Å². The number of aryl methyl sites for hydroxylation is 1. The number of piperazine rings is 1. The molecule has 9 heteroatoms. The Morgan fingerprint density at radius 1 is 1.26 bits per heavy atom. The fraction of sp³-hybridized carbons (Fsp3) is 0.389. The third-order valence-electron chi connectivity index (χ3n) is 4.86. The summed E-state index contributed by atoms with van der Waals surface area (Å²) in [6.07, 6.45) is 3.36. The third-order valence-corrected chi connectivity index (χ3v) is 5.29. The molecule has 1 amide bonds. The lowest BCUT2D eigenvalue weighted by atomic mass is 10.1. The SMILES string of the molecule is Cn1cc(Br)cc(Nc2ccc(N3CCN(C4COC4)CC3=O)cn2)c1=O. The van der Waals surface area contributed by atoms with E-state index in [1.807, 2.05) is 6.07 Å². The monoisotopic (exact) mass is 433 g/mol. The molecular weight excluding hydrogens is 414 g/mol. The molecule has 8 nitrogen and oxygen atoms in total. The summed E-state index contributed by atoms with van der Waals surface area (Å²) in [7, 11) is 1.69. The third kappa shape index (κ3) is 3.76. The van der Waals surface area contributed by atoms with Gasteiger partial charge in [-0.25, -0.2) is 4.98 Å². The Kier molecular flexibility index (Phi) is 4.98.